The Hall–Kier alpha value is -3.72. The number of carbonyl (C=O) groups is 4. The van der Waals surface area contributed by atoms with E-state index in [1.807, 2.05) is 69.3 Å². The zero-order chi connectivity index (χ0) is 30.2. The minimum atomic E-state index is -0.785. The molecule has 4 atom stereocenters. The first-order valence-electron chi connectivity index (χ1n) is 14.3. The van der Waals surface area contributed by atoms with Gasteiger partial charge in [-0.1, -0.05) is 69.3 Å². The molecule has 4 amide bonds. The Bertz CT molecular complexity index is 1180. The number of likely N-dealkylation sites (N-methyl/N-ethyl adjacent to an activating group) is 1. The molecule has 0 unspecified atom stereocenters. The number of hydrogen-bond donors (Lipinski definition) is 3. The Kier molecular flexibility index (Phi) is 11.1. The lowest BCUT2D eigenvalue weighted by molar-refractivity contribution is -0.140. The Balaban J connectivity index is 1.91. The number of nitrogens with one attached hydrogen (secondary N) is 3. The smallest absolute Gasteiger partial charge is 0.253 e. The van der Waals surface area contributed by atoms with Gasteiger partial charge < -0.3 is 25.8 Å². The van der Waals surface area contributed by atoms with Gasteiger partial charge in [0, 0.05) is 38.2 Å². The number of likely N-dealkylation sites (tertiary alicyclic amines) is 1. The van der Waals surface area contributed by atoms with Crippen molar-refractivity contribution in [2.75, 3.05) is 26.7 Å². The minimum Gasteiger partial charge on any atom is -0.352 e. The van der Waals surface area contributed by atoms with E-state index in [-0.39, 0.29) is 35.7 Å². The van der Waals surface area contributed by atoms with Crippen molar-refractivity contribution in [1.29, 1.82) is 0 Å². The molecule has 0 spiro atoms. The molecule has 1 aliphatic rings. The second kappa shape index (κ2) is 14.3. The highest BCUT2D eigenvalue weighted by Crippen LogP contribution is 2.27. The fraction of sp³-hybridized carbons (Fsp3) is 0.500. The van der Waals surface area contributed by atoms with Crippen molar-refractivity contribution in [3.63, 3.8) is 0 Å². The molecule has 1 fully saturated rings. The Morgan fingerprint density at radius 2 is 1.61 bits per heavy atom. The molecule has 1 saturated heterocycles. The van der Waals surface area contributed by atoms with Crippen molar-refractivity contribution < 1.29 is 19.2 Å². The van der Waals surface area contributed by atoms with Gasteiger partial charge in [-0.05, 0) is 49.9 Å². The van der Waals surface area contributed by atoms with Crippen LogP contribution < -0.4 is 16.0 Å². The standard InChI is InChI=1S/C32H45N5O4/c1-22(33-6)29(39)35-28(32(3,4)5)31(41)37-20-26(34-23(2)38)19-27(37)21-36(18-17-24-13-9-7-10-14-24)30(40)25-15-11-8-12-16-25/h7-16,22,26-28,33H,17-21H2,1-6H3,(H,34,38)(H,35,39)/t22-,26-,27-,28+/m0/s1. The second-order valence-electron chi connectivity index (χ2n) is 11.9. The summed E-state index contributed by atoms with van der Waals surface area (Å²) in [4.78, 5) is 56.2. The Labute approximate surface area is 244 Å². The van der Waals surface area contributed by atoms with Gasteiger partial charge in [0.1, 0.15) is 6.04 Å². The van der Waals surface area contributed by atoms with Crippen LogP contribution in [0.15, 0.2) is 60.7 Å². The molecule has 0 saturated carbocycles. The molecule has 222 valence electrons. The molecule has 41 heavy (non-hydrogen) atoms. The molecule has 0 bridgehead atoms. The van der Waals surface area contributed by atoms with E-state index in [2.05, 4.69) is 16.0 Å². The largest absolute Gasteiger partial charge is 0.352 e. The van der Waals surface area contributed by atoms with Gasteiger partial charge in [0.15, 0.2) is 0 Å². The molecular weight excluding hydrogens is 518 g/mol. The van der Waals surface area contributed by atoms with E-state index in [0.29, 0.717) is 38.0 Å². The number of benzene rings is 2. The predicted octanol–water partition coefficient (Wildman–Crippen LogP) is 2.62. The van der Waals surface area contributed by atoms with E-state index >= 15 is 0 Å². The number of rotatable bonds is 11. The second-order valence-corrected chi connectivity index (χ2v) is 11.9. The fourth-order valence-corrected chi connectivity index (χ4v) is 5.17. The summed E-state index contributed by atoms with van der Waals surface area (Å²) in [5, 5.41) is 8.83. The molecule has 9 nitrogen and oxygen atoms in total. The third kappa shape index (κ3) is 8.88. The minimum absolute atomic E-state index is 0.111. The lowest BCUT2D eigenvalue weighted by atomic mass is 9.85. The highest BCUT2D eigenvalue weighted by Gasteiger charge is 2.43. The van der Waals surface area contributed by atoms with Gasteiger partial charge >= 0.3 is 0 Å². The predicted molar refractivity (Wildman–Crippen MR) is 160 cm³/mol. The first-order valence-corrected chi connectivity index (χ1v) is 14.3. The van der Waals surface area contributed by atoms with Crippen LogP contribution in [0.25, 0.3) is 0 Å². The van der Waals surface area contributed by atoms with Crippen LogP contribution in [0, 0.1) is 5.41 Å². The van der Waals surface area contributed by atoms with Crippen LogP contribution in [0.2, 0.25) is 0 Å². The summed E-state index contributed by atoms with van der Waals surface area (Å²) in [7, 11) is 1.69. The van der Waals surface area contributed by atoms with Crippen LogP contribution in [-0.4, -0.2) is 84.3 Å². The summed E-state index contributed by atoms with van der Waals surface area (Å²) in [5.74, 6) is -0.769. The van der Waals surface area contributed by atoms with E-state index in [9.17, 15) is 19.2 Å². The van der Waals surface area contributed by atoms with Crippen molar-refractivity contribution in [3.8, 4) is 0 Å². The molecular formula is C32H45N5O4. The normalized spacial score (nSPS) is 18.3. The molecule has 2 aromatic carbocycles. The van der Waals surface area contributed by atoms with Crippen LogP contribution in [0.3, 0.4) is 0 Å². The molecule has 2 aromatic rings. The Morgan fingerprint density at radius 3 is 2.17 bits per heavy atom. The van der Waals surface area contributed by atoms with Gasteiger partial charge in [0.2, 0.25) is 17.7 Å². The SMILES string of the molecule is CN[C@@H](C)C(=O)N[C@H](C(=O)N1C[C@@H](NC(C)=O)C[C@H]1CN(CCc1ccccc1)C(=O)c1ccccc1)C(C)(C)C. The van der Waals surface area contributed by atoms with E-state index in [1.165, 1.54) is 6.92 Å². The first kappa shape index (κ1) is 31.8. The summed E-state index contributed by atoms with van der Waals surface area (Å²) in [6.07, 6.45) is 1.17. The zero-order valence-electron chi connectivity index (χ0n) is 25.1. The van der Waals surface area contributed by atoms with Crippen molar-refractivity contribution in [1.82, 2.24) is 25.8 Å². The maximum absolute atomic E-state index is 14.2. The number of amides is 4. The maximum atomic E-state index is 14.2. The molecule has 3 N–H and O–H groups in total. The number of carbonyl (C=O) groups excluding carboxylic acids is 4. The van der Waals surface area contributed by atoms with Gasteiger partial charge in [-0.3, -0.25) is 19.2 Å². The summed E-state index contributed by atoms with van der Waals surface area (Å²) in [6.45, 7) is 10.0. The van der Waals surface area contributed by atoms with Gasteiger partial charge in [-0.15, -0.1) is 0 Å². The maximum Gasteiger partial charge on any atom is 0.253 e. The van der Waals surface area contributed by atoms with E-state index in [4.69, 9.17) is 0 Å². The van der Waals surface area contributed by atoms with Gasteiger partial charge in [-0.25, -0.2) is 0 Å². The first-order chi connectivity index (χ1) is 19.4. The summed E-state index contributed by atoms with van der Waals surface area (Å²) < 4.78 is 0. The molecule has 3 rings (SSSR count). The van der Waals surface area contributed by atoms with Crippen LogP contribution in [0.1, 0.15) is 57.0 Å². The van der Waals surface area contributed by atoms with E-state index in [0.717, 1.165) is 5.56 Å². The monoisotopic (exact) mass is 563 g/mol. The molecule has 0 radical (unpaired) electrons. The molecule has 1 heterocycles. The molecule has 0 aliphatic carbocycles. The average molecular weight is 564 g/mol. The molecule has 1 aliphatic heterocycles. The number of nitrogens with zero attached hydrogens (tertiary/aromatic N) is 2. The zero-order valence-corrected chi connectivity index (χ0v) is 25.1. The summed E-state index contributed by atoms with van der Waals surface area (Å²) in [6, 6.07) is 17.3. The lowest BCUT2D eigenvalue weighted by Gasteiger charge is -2.37. The average Bonchev–Trinajstić information content (AvgIpc) is 3.34. The van der Waals surface area contributed by atoms with Crippen molar-refractivity contribution in [3.05, 3.63) is 71.8 Å². The quantitative estimate of drug-likeness (QED) is 0.389. The van der Waals surface area contributed by atoms with Crippen molar-refractivity contribution >= 4 is 23.6 Å². The summed E-state index contributed by atoms with van der Waals surface area (Å²) >= 11 is 0. The molecule has 0 aromatic heterocycles. The van der Waals surface area contributed by atoms with Gasteiger partial charge in [0.05, 0.1) is 12.1 Å². The third-order valence-electron chi connectivity index (χ3n) is 7.58. The van der Waals surface area contributed by atoms with Crippen molar-refractivity contribution in [2.45, 2.75) is 71.6 Å². The van der Waals surface area contributed by atoms with Crippen molar-refractivity contribution in [2.24, 2.45) is 5.41 Å². The van der Waals surface area contributed by atoms with E-state index in [1.54, 1.807) is 35.9 Å². The van der Waals surface area contributed by atoms with Gasteiger partial charge in [-0.2, -0.15) is 0 Å². The fourth-order valence-electron chi connectivity index (χ4n) is 5.17. The number of hydrogen-bond acceptors (Lipinski definition) is 5. The lowest BCUT2D eigenvalue weighted by Crippen LogP contribution is -2.59. The molecule has 9 heteroatoms. The third-order valence-corrected chi connectivity index (χ3v) is 7.58. The van der Waals surface area contributed by atoms with Crippen LogP contribution in [0.4, 0.5) is 0 Å². The summed E-state index contributed by atoms with van der Waals surface area (Å²) in [5.41, 5.74) is 1.13. The topological polar surface area (TPSA) is 111 Å². The van der Waals surface area contributed by atoms with Crippen LogP contribution >= 0.6 is 0 Å². The van der Waals surface area contributed by atoms with Crippen LogP contribution in [-0.2, 0) is 20.8 Å². The highest BCUT2D eigenvalue weighted by molar-refractivity contribution is 5.94. The Morgan fingerprint density at radius 1 is 1.00 bits per heavy atom. The van der Waals surface area contributed by atoms with Crippen LogP contribution in [0.5, 0.6) is 0 Å². The van der Waals surface area contributed by atoms with Gasteiger partial charge in [0.25, 0.3) is 5.91 Å². The highest BCUT2D eigenvalue weighted by atomic mass is 16.2. The van der Waals surface area contributed by atoms with E-state index < -0.39 is 17.5 Å².